The maximum absolute atomic E-state index is 12.1. The van der Waals surface area contributed by atoms with Gasteiger partial charge in [-0.3, -0.25) is 4.79 Å². The first-order chi connectivity index (χ1) is 11.2. The first-order valence-electron chi connectivity index (χ1n) is 8.80. The third kappa shape index (κ3) is 17.2. The van der Waals surface area contributed by atoms with Gasteiger partial charge in [-0.05, 0) is 20.3 Å². The van der Waals surface area contributed by atoms with E-state index in [2.05, 4.69) is 0 Å². The zero-order valence-corrected chi connectivity index (χ0v) is 16.0. The van der Waals surface area contributed by atoms with Crippen molar-refractivity contribution < 1.29 is 19.1 Å². The summed E-state index contributed by atoms with van der Waals surface area (Å²) < 4.78 is 10.5. The van der Waals surface area contributed by atoms with E-state index in [0.29, 0.717) is 52.4 Å². The molecule has 0 heterocycles. The third-order valence-corrected chi connectivity index (χ3v) is 2.64. The molecule has 0 aliphatic rings. The number of nitrogens with two attached hydrogens (primary N) is 1. The number of hydrogen-bond donors (Lipinski definition) is 1. The van der Waals surface area contributed by atoms with Crippen molar-refractivity contribution in [1.82, 2.24) is 4.90 Å². The fourth-order valence-corrected chi connectivity index (χ4v) is 1.58. The van der Waals surface area contributed by atoms with Gasteiger partial charge in [-0.1, -0.05) is 27.7 Å². The highest BCUT2D eigenvalue weighted by Crippen LogP contribution is 2.00. The van der Waals surface area contributed by atoms with E-state index in [-0.39, 0.29) is 5.91 Å². The van der Waals surface area contributed by atoms with Crippen LogP contribution in [0, 0.1) is 0 Å². The van der Waals surface area contributed by atoms with Crippen LogP contribution in [0.4, 0.5) is 0 Å². The van der Waals surface area contributed by atoms with Crippen LogP contribution in [0.15, 0.2) is 0 Å². The van der Waals surface area contributed by atoms with Crippen LogP contribution in [0.5, 0.6) is 0 Å². The lowest BCUT2D eigenvalue weighted by Gasteiger charge is -2.25. The average molecular weight is 335 g/mol. The van der Waals surface area contributed by atoms with E-state index in [0.717, 1.165) is 6.29 Å². The number of carbonyl (C=O) groups is 2. The lowest BCUT2D eigenvalue weighted by Crippen LogP contribution is -2.46. The molecular weight excluding hydrogens is 296 g/mol. The van der Waals surface area contributed by atoms with E-state index in [1.165, 1.54) is 0 Å². The Morgan fingerprint density at radius 3 is 1.83 bits per heavy atom. The molecule has 6 nitrogen and oxygen atoms in total. The molecule has 140 valence electrons. The highest BCUT2D eigenvalue weighted by Gasteiger charge is 2.20. The lowest BCUT2D eigenvalue weighted by molar-refractivity contribution is -0.134. The second kappa shape index (κ2) is 23.3. The molecule has 23 heavy (non-hydrogen) atoms. The Morgan fingerprint density at radius 2 is 1.48 bits per heavy atom. The van der Waals surface area contributed by atoms with Crippen molar-refractivity contribution in [3.63, 3.8) is 0 Å². The van der Waals surface area contributed by atoms with Crippen LogP contribution in [0.3, 0.4) is 0 Å². The first kappa shape index (κ1) is 26.9. The summed E-state index contributed by atoms with van der Waals surface area (Å²) in [6, 6.07) is -0.631. The Balaban J connectivity index is -0.000000919. The maximum atomic E-state index is 12.1. The molecule has 0 aliphatic carbocycles. The topological polar surface area (TPSA) is 81.9 Å². The number of hydrogen-bond acceptors (Lipinski definition) is 5. The van der Waals surface area contributed by atoms with E-state index in [9.17, 15) is 9.59 Å². The number of aldehydes is 1. The Kier molecular flexibility index (Phi) is 27.2. The molecular formula is C17H38N2O4. The van der Waals surface area contributed by atoms with Gasteiger partial charge in [-0.15, -0.1) is 0 Å². The Bertz CT molecular complexity index is 241. The van der Waals surface area contributed by atoms with E-state index < -0.39 is 6.04 Å². The summed E-state index contributed by atoms with van der Waals surface area (Å²) in [5, 5.41) is 0. The third-order valence-electron chi connectivity index (χ3n) is 2.64. The molecule has 0 aromatic rings. The summed E-state index contributed by atoms with van der Waals surface area (Å²) in [5.41, 5.74) is 5.78. The van der Waals surface area contributed by atoms with E-state index in [1.807, 2.05) is 41.5 Å². The molecule has 0 saturated carbocycles. The molecule has 1 atom stereocenters. The molecule has 0 bridgehead atoms. The fraction of sp³-hybridized carbons (Fsp3) is 0.882. The maximum Gasteiger partial charge on any atom is 0.239 e. The number of nitrogens with zero attached hydrogens (tertiary/aromatic N) is 1. The quantitative estimate of drug-likeness (QED) is 0.437. The highest BCUT2D eigenvalue weighted by molar-refractivity contribution is 5.81. The number of amides is 1. The molecule has 0 aromatic heterocycles. The van der Waals surface area contributed by atoms with Gasteiger partial charge in [-0.25, -0.2) is 0 Å². The van der Waals surface area contributed by atoms with Gasteiger partial charge in [0.2, 0.25) is 5.91 Å². The second-order valence-electron chi connectivity index (χ2n) is 4.07. The van der Waals surface area contributed by atoms with Crippen LogP contribution in [-0.4, -0.2) is 62.7 Å². The van der Waals surface area contributed by atoms with Crippen LogP contribution in [0.2, 0.25) is 0 Å². The highest BCUT2D eigenvalue weighted by atomic mass is 16.5. The fourth-order valence-electron chi connectivity index (χ4n) is 1.58. The van der Waals surface area contributed by atoms with Crippen molar-refractivity contribution >= 4 is 12.2 Å². The molecule has 0 rings (SSSR count). The Labute approximate surface area is 142 Å². The monoisotopic (exact) mass is 334 g/mol. The van der Waals surface area contributed by atoms with Crippen molar-refractivity contribution in [3.05, 3.63) is 0 Å². The lowest BCUT2D eigenvalue weighted by atomic mass is 10.1. The molecule has 0 aliphatic heterocycles. The largest absolute Gasteiger partial charge is 0.380 e. The molecule has 0 aromatic carbocycles. The molecule has 6 heteroatoms. The molecule has 0 spiro atoms. The van der Waals surface area contributed by atoms with Crippen molar-refractivity contribution in [2.45, 2.75) is 60.4 Å². The predicted octanol–water partition coefficient (Wildman–Crippen LogP) is 2.25. The number of carbonyl (C=O) groups excluding carboxylic acids is 2. The first-order valence-corrected chi connectivity index (χ1v) is 8.80. The minimum atomic E-state index is -0.631. The van der Waals surface area contributed by atoms with E-state index in [1.54, 1.807) is 4.90 Å². The van der Waals surface area contributed by atoms with Gasteiger partial charge in [0.25, 0.3) is 0 Å². The van der Waals surface area contributed by atoms with Gasteiger partial charge in [0.05, 0.1) is 19.3 Å². The van der Waals surface area contributed by atoms with Gasteiger partial charge in [0.1, 0.15) is 6.29 Å². The molecule has 0 radical (unpaired) electrons. The van der Waals surface area contributed by atoms with Crippen molar-refractivity contribution in [2.24, 2.45) is 5.73 Å². The summed E-state index contributed by atoms with van der Waals surface area (Å²) in [7, 11) is 0. The summed E-state index contributed by atoms with van der Waals surface area (Å²) in [5.74, 6) is -0.152. The van der Waals surface area contributed by atoms with Gasteiger partial charge < -0.3 is 24.9 Å². The second-order valence-corrected chi connectivity index (χ2v) is 4.07. The van der Waals surface area contributed by atoms with Crippen LogP contribution >= 0.6 is 0 Å². The zero-order valence-electron chi connectivity index (χ0n) is 16.0. The summed E-state index contributed by atoms with van der Waals surface area (Å²) >= 11 is 0. The van der Waals surface area contributed by atoms with Crippen molar-refractivity contribution in [3.8, 4) is 0 Å². The summed E-state index contributed by atoms with van der Waals surface area (Å²) in [4.78, 5) is 24.1. The number of rotatable bonds is 12. The van der Waals surface area contributed by atoms with Gasteiger partial charge in [0.15, 0.2) is 0 Å². The molecule has 0 fully saturated rings. The minimum Gasteiger partial charge on any atom is -0.380 e. The minimum absolute atomic E-state index is 0.152. The Hall–Kier alpha value is -0.980. The van der Waals surface area contributed by atoms with E-state index in [4.69, 9.17) is 15.2 Å². The predicted molar refractivity (Wildman–Crippen MR) is 95.5 cm³/mol. The molecule has 0 saturated heterocycles. The van der Waals surface area contributed by atoms with Crippen LogP contribution in [0.25, 0.3) is 0 Å². The van der Waals surface area contributed by atoms with Gasteiger partial charge in [-0.2, -0.15) is 0 Å². The van der Waals surface area contributed by atoms with Crippen LogP contribution < -0.4 is 5.73 Å². The average Bonchev–Trinajstić information content (AvgIpc) is 2.61. The summed E-state index contributed by atoms with van der Waals surface area (Å²) in [6.07, 6.45) is 1.46. The van der Waals surface area contributed by atoms with Gasteiger partial charge >= 0.3 is 0 Å². The smallest absolute Gasteiger partial charge is 0.239 e. The molecule has 1 unspecified atom stereocenters. The molecule has 2 N–H and O–H groups in total. The Morgan fingerprint density at radius 1 is 1.04 bits per heavy atom. The van der Waals surface area contributed by atoms with Crippen LogP contribution in [-0.2, 0) is 19.1 Å². The summed E-state index contributed by atoms with van der Waals surface area (Å²) in [6.45, 7) is 15.0. The molecule has 1 amide bonds. The number of ether oxygens (including phenoxy) is 2. The normalized spacial score (nSPS) is 10.6. The van der Waals surface area contributed by atoms with Gasteiger partial charge in [0, 0.05) is 32.7 Å². The standard InChI is InChI=1S/C13H26N2O4.2C2H6/c1-3-18-10-7-15(8-11-19-4-2)13(17)12(14)6-5-9-16;2*1-2/h9,12H,3-8,10-11,14H2,1-2H3;2*1-2H3. The van der Waals surface area contributed by atoms with E-state index >= 15 is 0 Å². The van der Waals surface area contributed by atoms with Crippen molar-refractivity contribution in [2.75, 3.05) is 39.5 Å². The van der Waals surface area contributed by atoms with Crippen LogP contribution in [0.1, 0.15) is 54.4 Å². The zero-order chi connectivity index (χ0) is 18.5. The SMILES string of the molecule is CC.CC.CCOCCN(CCOCC)C(=O)C(N)CCC=O. The van der Waals surface area contributed by atoms with Crippen molar-refractivity contribution in [1.29, 1.82) is 0 Å².